The van der Waals surface area contributed by atoms with Gasteiger partial charge in [0.15, 0.2) is 5.16 Å². The van der Waals surface area contributed by atoms with Gasteiger partial charge in [0.2, 0.25) is 11.9 Å². The molecule has 1 aliphatic heterocycles. The lowest BCUT2D eigenvalue weighted by molar-refractivity contribution is -0.119. The maximum absolute atomic E-state index is 13.0. The van der Waals surface area contributed by atoms with Gasteiger partial charge >= 0.3 is 0 Å². The maximum Gasteiger partial charge on any atom is 0.231 e. The van der Waals surface area contributed by atoms with E-state index in [4.69, 9.17) is 4.42 Å². The maximum atomic E-state index is 13.0. The molecule has 9 heteroatoms. The molecule has 34 heavy (non-hydrogen) atoms. The average molecular weight is 494 g/mol. The van der Waals surface area contributed by atoms with Gasteiger partial charge in [0.25, 0.3) is 0 Å². The van der Waals surface area contributed by atoms with Gasteiger partial charge < -0.3 is 14.6 Å². The fourth-order valence-corrected chi connectivity index (χ4v) is 5.65. The lowest BCUT2D eigenvalue weighted by Crippen LogP contribution is -2.30. The molecule has 0 spiro atoms. The smallest absolute Gasteiger partial charge is 0.231 e. The van der Waals surface area contributed by atoms with E-state index in [9.17, 15) is 4.79 Å². The molecule has 3 aromatic heterocycles. The lowest BCUT2D eigenvalue weighted by Gasteiger charge is -2.19. The van der Waals surface area contributed by atoms with Crippen molar-refractivity contribution in [3.8, 4) is 0 Å². The summed E-state index contributed by atoms with van der Waals surface area (Å²) in [7, 11) is 0. The predicted octanol–water partition coefficient (Wildman–Crippen LogP) is 4.89. The number of thiophene rings is 1. The van der Waals surface area contributed by atoms with Crippen LogP contribution >= 0.6 is 23.1 Å². The first-order valence-electron chi connectivity index (χ1n) is 11.4. The Hall–Kier alpha value is -3.04. The van der Waals surface area contributed by atoms with E-state index in [1.807, 2.05) is 23.6 Å². The zero-order chi connectivity index (χ0) is 23.3. The topological polar surface area (TPSA) is 76.2 Å². The molecule has 4 aromatic rings. The summed E-state index contributed by atoms with van der Waals surface area (Å²) in [5.74, 6) is 1.89. The molecule has 5 rings (SSSR count). The SMILES string of the molecule is Cc1ccc(C(NC(=O)CSc2nnc(N3CCCC3)n2Cc2ccco2)c2cccs2)cc1. The number of thioether (sulfide) groups is 1. The van der Waals surface area contributed by atoms with Crippen LogP contribution < -0.4 is 10.2 Å². The predicted molar refractivity (Wildman–Crippen MR) is 135 cm³/mol. The summed E-state index contributed by atoms with van der Waals surface area (Å²) in [5, 5.41) is 14.9. The number of furan rings is 1. The van der Waals surface area contributed by atoms with E-state index >= 15 is 0 Å². The molecule has 0 bridgehead atoms. The van der Waals surface area contributed by atoms with Crippen LogP contribution in [0.4, 0.5) is 5.95 Å². The number of aryl methyl sites for hydroxylation is 1. The van der Waals surface area contributed by atoms with E-state index < -0.39 is 0 Å². The summed E-state index contributed by atoms with van der Waals surface area (Å²) in [5.41, 5.74) is 2.27. The van der Waals surface area contributed by atoms with Crippen molar-refractivity contribution in [3.63, 3.8) is 0 Å². The first-order valence-corrected chi connectivity index (χ1v) is 13.3. The van der Waals surface area contributed by atoms with E-state index in [2.05, 4.69) is 62.2 Å². The number of nitrogens with one attached hydrogen (secondary N) is 1. The van der Waals surface area contributed by atoms with Gasteiger partial charge in [0.1, 0.15) is 5.76 Å². The minimum absolute atomic E-state index is 0.0424. The molecular formula is C25H27N5O2S2. The van der Waals surface area contributed by atoms with Crippen LogP contribution in [0.3, 0.4) is 0 Å². The van der Waals surface area contributed by atoms with Gasteiger partial charge in [-0.25, -0.2) is 0 Å². The van der Waals surface area contributed by atoms with Crippen molar-refractivity contribution in [2.24, 2.45) is 0 Å². The third-order valence-corrected chi connectivity index (χ3v) is 7.76. The Labute approximate surface area is 207 Å². The highest BCUT2D eigenvalue weighted by molar-refractivity contribution is 7.99. The molecule has 1 saturated heterocycles. The molecule has 1 aromatic carbocycles. The Kier molecular flexibility index (Phi) is 7.01. The minimum Gasteiger partial charge on any atom is -0.467 e. The zero-order valence-electron chi connectivity index (χ0n) is 19.0. The van der Waals surface area contributed by atoms with Crippen molar-refractivity contribution in [2.75, 3.05) is 23.7 Å². The Morgan fingerprint density at radius 2 is 1.97 bits per heavy atom. The normalized spacial score (nSPS) is 14.4. The van der Waals surface area contributed by atoms with E-state index in [0.29, 0.717) is 6.54 Å². The second-order valence-corrected chi connectivity index (χ2v) is 10.3. The van der Waals surface area contributed by atoms with Crippen LogP contribution in [-0.4, -0.2) is 39.5 Å². The van der Waals surface area contributed by atoms with Crippen LogP contribution in [0.5, 0.6) is 0 Å². The van der Waals surface area contributed by atoms with Crippen LogP contribution in [0.1, 0.15) is 40.6 Å². The number of hydrogen-bond acceptors (Lipinski definition) is 7. The van der Waals surface area contributed by atoms with E-state index in [1.54, 1.807) is 17.6 Å². The van der Waals surface area contributed by atoms with Crippen LogP contribution in [0.25, 0.3) is 0 Å². The van der Waals surface area contributed by atoms with Gasteiger partial charge in [0.05, 0.1) is 24.6 Å². The van der Waals surface area contributed by atoms with Crippen LogP contribution in [-0.2, 0) is 11.3 Å². The Morgan fingerprint density at radius 3 is 2.68 bits per heavy atom. The van der Waals surface area contributed by atoms with Gasteiger partial charge in [-0.3, -0.25) is 9.36 Å². The lowest BCUT2D eigenvalue weighted by atomic mass is 10.0. The Bertz CT molecular complexity index is 1200. The number of aromatic nitrogens is 3. The molecular weight excluding hydrogens is 466 g/mol. The molecule has 1 amide bonds. The number of nitrogens with zero attached hydrogens (tertiary/aromatic N) is 4. The molecule has 176 valence electrons. The van der Waals surface area contributed by atoms with Gasteiger partial charge in [-0.2, -0.15) is 0 Å². The Balaban J connectivity index is 1.31. The van der Waals surface area contributed by atoms with Crippen LogP contribution in [0.15, 0.2) is 69.7 Å². The highest BCUT2D eigenvalue weighted by atomic mass is 32.2. The molecule has 4 heterocycles. The highest BCUT2D eigenvalue weighted by Gasteiger charge is 2.23. The molecule has 1 unspecified atom stereocenters. The number of amides is 1. The van der Waals surface area contributed by atoms with Crippen molar-refractivity contribution >= 4 is 35.0 Å². The first-order chi connectivity index (χ1) is 16.7. The first kappa shape index (κ1) is 22.7. The second-order valence-electron chi connectivity index (χ2n) is 8.36. The minimum atomic E-state index is -0.171. The number of rotatable bonds is 9. The molecule has 7 nitrogen and oxygen atoms in total. The Morgan fingerprint density at radius 1 is 1.15 bits per heavy atom. The zero-order valence-corrected chi connectivity index (χ0v) is 20.6. The number of anilines is 1. The summed E-state index contributed by atoms with van der Waals surface area (Å²) in [6.45, 7) is 4.55. The van der Waals surface area contributed by atoms with Crippen molar-refractivity contribution in [3.05, 3.63) is 81.9 Å². The highest BCUT2D eigenvalue weighted by Crippen LogP contribution is 2.28. The number of carbonyl (C=O) groups excluding carboxylic acids is 1. The van der Waals surface area contributed by atoms with Crippen LogP contribution in [0.2, 0.25) is 0 Å². The van der Waals surface area contributed by atoms with E-state index in [1.165, 1.54) is 17.3 Å². The molecule has 1 fully saturated rings. The molecule has 1 atom stereocenters. The van der Waals surface area contributed by atoms with Crippen molar-refractivity contribution in [2.45, 2.75) is 37.5 Å². The third kappa shape index (κ3) is 5.20. The number of carbonyl (C=O) groups is 1. The summed E-state index contributed by atoms with van der Waals surface area (Å²) in [6, 6.07) is 16.0. The molecule has 1 aliphatic rings. The number of hydrogen-bond donors (Lipinski definition) is 1. The average Bonchev–Trinajstić information content (AvgIpc) is 3.65. The second kappa shape index (κ2) is 10.5. The molecule has 1 N–H and O–H groups in total. The van der Waals surface area contributed by atoms with E-state index in [-0.39, 0.29) is 17.7 Å². The third-order valence-electron chi connectivity index (χ3n) is 5.86. The van der Waals surface area contributed by atoms with Crippen molar-refractivity contribution in [1.82, 2.24) is 20.1 Å². The van der Waals surface area contributed by atoms with Gasteiger partial charge in [-0.05, 0) is 48.9 Å². The van der Waals surface area contributed by atoms with Gasteiger partial charge in [-0.1, -0.05) is 47.7 Å². The van der Waals surface area contributed by atoms with Gasteiger partial charge in [0, 0.05) is 18.0 Å². The summed E-state index contributed by atoms with van der Waals surface area (Å²) in [4.78, 5) is 16.4. The van der Waals surface area contributed by atoms with E-state index in [0.717, 1.165) is 53.2 Å². The fraction of sp³-hybridized carbons (Fsp3) is 0.320. The van der Waals surface area contributed by atoms with Crippen molar-refractivity contribution < 1.29 is 9.21 Å². The van der Waals surface area contributed by atoms with Crippen LogP contribution in [0, 0.1) is 6.92 Å². The molecule has 0 radical (unpaired) electrons. The summed E-state index contributed by atoms with van der Waals surface area (Å²) >= 11 is 3.05. The standard InChI is InChI=1S/C25H27N5O2S2/c1-18-8-10-19(11-9-18)23(21-7-5-15-33-21)26-22(31)17-34-25-28-27-24(29-12-2-3-13-29)30(25)16-20-6-4-14-32-20/h4-11,14-15,23H,2-3,12-13,16-17H2,1H3,(H,26,31). The quantitative estimate of drug-likeness (QED) is 0.335. The number of benzene rings is 1. The molecule has 0 aliphatic carbocycles. The van der Waals surface area contributed by atoms with Crippen molar-refractivity contribution in [1.29, 1.82) is 0 Å². The molecule has 0 saturated carbocycles. The summed E-state index contributed by atoms with van der Waals surface area (Å²) < 4.78 is 7.63. The fourth-order valence-electron chi connectivity index (χ4n) is 4.10. The largest absolute Gasteiger partial charge is 0.467 e. The summed E-state index contributed by atoms with van der Waals surface area (Å²) in [6.07, 6.45) is 3.98. The van der Waals surface area contributed by atoms with Gasteiger partial charge in [-0.15, -0.1) is 21.5 Å². The monoisotopic (exact) mass is 493 g/mol.